The van der Waals surface area contributed by atoms with Gasteiger partial charge >= 0.3 is 0 Å². The number of hydrogen-bond acceptors (Lipinski definition) is 3. The predicted octanol–water partition coefficient (Wildman–Crippen LogP) is 1.03. The van der Waals surface area contributed by atoms with E-state index in [-0.39, 0.29) is 12.5 Å². The van der Waals surface area contributed by atoms with E-state index in [2.05, 4.69) is 17.6 Å². The van der Waals surface area contributed by atoms with Crippen molar-refractivity contribution in [1.29, 1.82) is 0 Å². The Bertz CT molecular complexity index is 444. The number of hydrogen-bond donors (Lipinski definition) is 3. The summed E-state index contributed by atoms with van der Waals surface area (Å²) < 4.78 is 0. The molecule has 0 saturated heterocycles. The number of rotatable bonds is 6. The summed E-state index contributed by atoms with van der Waals surface area (Å²) >= 11 is 0. The van der Waals surface area contributed by atoms with Crippen LogP contribution >= 0.6 is 0 Å². The predicted molar refractivity (Wildman–Crippen MR) is 71.5 cm³/mol. The first kappa shape index (κ1) is 14.0. The summed E-state index contributed by atoms with van der Waals surface area (Å²) in [6.45, 7) is 4.70. The largest absolute Gasteiger partial charge is 0.385 e. The Kier molecular flexibility index (Phi) is 5.17. The molecule has 1 aromatic rings. The average Bonchev–Trinajstić information content (AvgIpc) is 2.33. The molecule has 0 fully saturated rings. The van der Waals surface area contributed by atoms with Crippen molar-refractivity contribution in [3.8, 4) is 0 Å². The standard InChI is InChI=1S/C13H19N3O2/c1-3-6-15-10-4-5-11(9(2)7-10)13(18)16-8-12(14)17/h4-5,7,15H,3,6,8H2,1-2H3,(H2,14,17)(H,16,18). The third-order valence-electron chi connectivity index (χ3n) is 2.47. The Labute approximate surface area is 107 Å². The first-order valence-corrected chi connectivity index (χ1v) is 5.95. The minimum Gasteiger partial charge on any atom is -0.385 e. The summed E-state index contributed by atoms with van der Waals surface area (Å²) in [6.07, 6.45) is 1.04. The van der Waals surface area contributed by atoms with Crippen LogP contribution in [0.1, 0.15) is 29.3 Å². The summed E-state index contributed by atoms with van der Waals surface area (Å²) in [7, 11) is 0. The highest BCUT2D eigenvalue weighted by molar-refractivity contribution is 5.97. The van der Waals surface area contributed by atoms with E-state index < -0.39 is 5.91 Å². The molecule has 0 bridgehead atoms. The summed E-state index contributed by atoms with van der Waals surface area (Å²) in [5.41, 5.74) is 7.37. The van der Waals surface area contributed by atoms with Crippen molar-refractivity contribution in [2.75, 3.05) is 18.4 Å². The average molecular weight is 249 g/mol. The van der Waals surface area contributed by atoms with Crippen LogP contribution in [0.4, 0.5) is 5.69 Å². The molecule has 0 radical (unpaired) electrons. The Morgan fingerprint density at radius 2 is 2.06 bits per heavy atom. The zero-order valence-electron chi connectivity index (χ0n) is 10.7. The first-order valence-electron chi connectivity index (χ1n) is 5.95. The van der Waals surface area contributed by atoms with Gasteiger partial charge in [0.2, 0.25) is 5.91 Å². The van der Waals surface area contributed by atoms with Crippen LogP contribution < -0.4 is 16.4 Å². The van der Waals surface area contributed by atoms with Crippen LogP contribution in [0.3, 0.4) is 0 Å². The lowest BCUT2D eigenvalue weighted by Gasteiger charge is -2.10. The van der Waals surface area contributed by atoms with Gasteiger partial charge in [-0.15, -0.1) is 0 Å². The number of nitrogens with two attached hydrogens (primary N) is 1. The number of nitrogens with one attached hydrogen (secondary N) is 2. The minimum atomic E-state index is -0.553. The maximum absolute atomic E-state index is 11.8. The van der Waals surface area contributed by atoms with Crippen molar-refractivity contribution in [2.24, 2.45) is 5.73 Å². The number of anilines is 1. The normalized spacial score (nSPS) is 9.89. The molecule has 0 spiro atoms. The van der Waals surface area contributed by atoms with Crippen LogP contribution in [0, 0.1) is 6.92 Å². The molecule has 1 rings (SSSR count). The molecular formula is C13H19N3O2. The van der Waals surface area contributed by atoms with Crippen molar-refractivity contribution >= 4 is 17.5 Å². The second-order valence-corrected chi connectivity index (χ2v) is 4.11. The van der Waals surface area contributed by atoms with Crippen LogP contribution in [0.2, 0.25) is 0 Å². The lowest BCUT2D eigenvalue weighted by Crippen LogP contribution is -2.33. The quantitative estimate of drug-likeness (QED) is 0.704. The molecule has 0 saturated carbocycles. The van der Waals surface area contributed by atoms with Crippen LogP contribution in [0.5, 0.6) is 0 Å². The van der Waals surface area contributed by atoms with Crippen molar-refractivity contribution < 1.29 is 9.59 Å². The third-order valence-corrected chi connectivity index (χ3v) is 2.47. The summed E-state index contributed by atoms with van der Waals surface area (Å²) in [5.74, 6) is -0.837. The van der Waals surface area contributed by atoms with E-state index in [1.807, 2.05) is 19.1 Å². The summed E-state index contributed by atoms with van der Waals surface area (Å²) in [4.78, 5) is 22.3. The zero-order valence-corrected chi connectivity index (χ0v) is 10.7. The lowest BCUT2D eigenvalue weighted by molar-refractivity contribution is -0.117. The van der Waals surface area contributed by atoms with E-state index in [9.17, 15) is 9.59 Å². The van der Waals surface area contributed by atoms with Crippen molar-refractivity contribution in [3.63, 3.8) is 0 Å². The maximum atomic E-state index is 11.8. The second-order valence-electron chi connectivity index (χ2n) is 4.11. The third kappa shape index (κ3) is 4.08. The number of primary amides is 1. The van der Waals surface area contributed by atoms with Gasteiger partial charge in [0.25, 0.3) is 5.91 Å². The molecule has 0 heterocycles. The number of benzene rings is 1. The van der Waals surface area contributed by atoms with Crippen LogP contribution in [-0.2, 0) is 4.79 Å². The van der Waals surface area contributed by atoms with E-state index in [1.54, 1.807) is 6.07 Å². The van der Waals surface area contributed by atoms with E-state index in [0.717, 1.165) is 24.2 Å². The molecule has 0 atom stereocenters. The van der Waals surface area contributed by atoms with Gasteiger partial charge in [0.05, 0.1) is 6.54 Å². The van der Waals surface area contributed by atoms with Crippen LogP contribution in [-0.4, -0.2) is 24.9 Å². The van der Waals surface area contributed by atoms with E-state index >= 15 is 0 Å². The smallest absolute Gasteiger partial charge is 0.251 e. The molecule has 5 heteroatoms. The van der Waals surface area contributed by atoms with Gasteiger partial charge in [-0.1, -0.05) is 6.92 Å². The molecule has 98 valence electrons. The Hall–Kier alpha value is -2.04. The molecular weight excluding hydrogens is 230 g/mol. The number of carbonyl (C=O) groups is 2. The Morgan fingerprint density at radius 3 is 2.61 bits per heavy atom. The molecule has 0 aliphatic heterocycles. The van der Waals surface area contributed by atoms with Gasteiger partial charge in [0.1, 0.15) is 0 Å². The monoisotopic (exact) mass is 249 g/mol. The molecule has 0 aliphatic carbocycles. The van der Waals surface area contributed by atoms with Gasteiger partial charge < -0.3 is 16.4 Å². The number of carbonyl (C=O) groups excluding carboxylic acids is 2. The molecule has 2 amide bonds. The SMILES string of the molecule is CCCNc1ccc(C(=O)NCC(N)=O)c(C)c1. The van der Waals surface area contributed by atoms with Gasteiger partial charge in [-0.2, -0.15) is 0 Å². The number of amides is 2. The van der Waals surface area contributed by atoms with E-state index in [4.69, 9.17) is 5.73 Å². The molecule has 0 unspecified atom stereocenters. The minimum absolute atomic E-state index is 0.145. The topological polar surface area (TPSA) is 84.2 Å². The van der Waals surface area contributed by atoms with Gasteiger partial charge in [-0.05, 0) is 37.1 Å². The highest BCUT2D eigenvalue weighted by Gasteiger charge is 2.09. The highest BCUT2D eigenvalue weighted by atomic mass is 16.2. The zero-order chi connectivity index (χ0) is 13.5. The second kappa shape index (κ2) is 6.64. The van der Waals surface area contributed by atoms with Crippen LogP contribution in [0.25, 0.3) is 0 Å². The van der Waals surface area contributed by atoms with Gasteiger partial charge in [-0.3, -0.25) is 9.59 Å². The van der Waals surface area contributed by atoms with E-state index in [0.29, 0.717) is 5.56 Å². The molecule has 18 heavy (non-hydrogen) atoms. The molecule has 5 nitrogen and oxygen atoms in total. The van der Waals surface area contributed by atoms with Crippen molar-refractivity contribution in [3.05, 3.63) is 29.3 Å². The summed E-state index contributed by atoms with van der Waals surface area (Å²) in [6, 6.07) is 5.50. The maximum Gasteiger partial charge on any atom is 0.251 e. The Morgan fingerprint density at radius 1 is 1.33 bits per heavy atom. The van der Waals surface area contributed by atoms with Gasteiger partial charge in [0, 0.05) is 17.8 Å². The van der Waals surface area contributed by atoms with Gasteiger partial charge in [-0.25, -0.2) is 0 Å². The molecule has 0 aromatic heterocycles. The highest BCUT2D eigenvalue weighted by Crippen LogP contribution is 2.15. The molecule has 1 aromatic carbocycles. The van der Waals surface area contributed by atoms with E-state index in [1.165, 1.54) is 0 Å². The fraction of sp³-hybridized carbons (Fsp3) is 0.385. The Balaban J connectivity index is 2.72. The fourth-order valence-corrected chi connectivity index (χ4v) is 1.56. The molecule has 0 aliphatic rings. The lowest BCUT2D eigenvalue weighted by atomic mass is 10.1. The summed E-state index contributed by atoms with van der Waals surface area (Å²) in [5, 5.41) is 5.71. The number of aryl methyl sites for hydroxylation is 1. The van der Waals surface area contributed by atoms with Crippen molar-refractivity contribution in [2.45, 2.75) is 20.3 Å². The first-order chi connectivity index (χ1) is 8.54. The van der Waals surface area contributed by atoms with Gasteiger partial charge in [0.15, 0.2) is 0 Å². The molecule has 4 N–H and O–H groups in total. The van der Waals surface area contributed by atoms with Crippen LogP contribution in [0.15, 0.2) is 18.2 Å². The fourth-order valence-electron chi connectivity index (χ4n) is 1.56. The van der Waals surface area contributed by atoms with Crippen molar-refractivity contribution in [1.82, 2.24) is 5.32 Å².